The van der Waals surface area contributed by atoms with Crippen molar-refractivity contribution in [2.24, 2.45) is 0 Å². The third-order valence-electron chi connectivity index (χ3n) is 2.62. The summed E-state index contributed by atoms with van der Waals surface area (Å²) in [4.78, 5) is 0. The molecule has 1 aromatic rings. The summed E-state index contributed by atoms with van der Waals surface area (Å²) in [5, 5.41) is 3.50. The SMILES string of the molecule is CC1(C)COC(C)(c2ccccc2)N1.Cl. The molecule has 0 radical (unpaired) electrons. The minimum absolute atomic E-state index is 0. The fraction of sp³-hybridized carbons (Fsp3) is 0.500. The second-order valence-corrected chi connectivity index (χ2v) is 4.70. The van der Waals surface area contributed by atoms with Crippen LogP contribution in [0.4, 0.5) is 0 Å². The Labute approximate surface area is 97.4 Å². The van der Waals surface area contributed by atoms with Crippen molar-refractivity contribution >= 4 is 12.4 Å². The Morgan fingerprint density at radius 1 is 1.13 bits per heavy atom. The Balaban J connectivity index is 0.00000112. The zero-order valence-electron chi connectivity index (χ0n) is 9.41. The fourth-order valence-electron chi connectivity index (χ4n) is 1.95. The van der Waals surface area contributed by atoms with E-state index in [1.54, 1.807) is 0 Å². The molecule has 1 aromatic carbocycles. The van der Waals surface area contributed by atoms with Crippen LogP contribution in [0.15, 0.2) is 30.3 Å². The molecular formula is C12H18ClNO. The van der Waals surface area contributed by atoms with Crippen molar-refractivity contribution in [1.82, 2.24) is 5.32 Å². The van der Waals surface area contributed by atoms with Crippen molar-refractivity contribution in [2.45, 2.75) is 32.0 Å². The van der Waals surface area contributed by atoms with Crippen molar-refractivity contribution < 1.29 is 4.74 Å². The molecule has 1 N–H and O–H groups in total. The molecule has 0 bridgehead atoms. The molecule has 0 amide bonds. The summed E-state index contributed by atoms with van der Waals surface area (Å²) in [5.41, 5.74) is 0.917. The number of hydrogen-bond donors (Lipinski definition) is 1. The van der Waals surface area contributed by atoms with Gasteiger partial charge in [-0.3, -0.25) is 5.32 Å². The average Bonchev–Trinajstić information content (AvgIpc) is 2.44. The van der Waals surface area contributed by atoms with E-state index in [9.17, 15) is 0 Å². The molecule has 84 valence electrons. The molecule has 1 aliphatic heterocycles. The predicted molar refractivity (Wildman–Crippen MR) is 64.2 cm³/mol. The Bertz CT molecular complexity index is 326. The van der Waals surface area contributed by atoms with E-state index in [0.29, 0.717) is 0 Å². The molecule has 0 aliphatic carbocycles. The molecule has 2 rings (SSSR count). The molecule has 3 heteroatoms. The van der Waals surface area contributed by atoms with E-state index in [-0.39, 0.29) is 23.7 Å². The molecule has 1 atom stereocenters. The Morgan fingerprint density at radius 2 is 1.73 bits per heavy atom. The topological polar surface area (TPSA) is 21.3 Å². The molecule has 1 unspecified atom stereocenters. The van der Waals surface area contributed by atoms with Gasteiger partial charge >= 0.3 is 0 Å². The highest BCUT2D eigenvalue weighted by atomic mass is 35.5. The zero-order valence-corrected chi connectivity index (χ0v) is 10.2. The first-order valence-corrected chi connectivity index (χ1v) is 5.01. The normalized spacial score (nSPS) is 28.5. The molecule has 15 heavy (non-hydrogen) atoms. The lowest BCUT2D eigenvalue weighted by Gasteiger charge is -2.27. The van der Waals surface area contributed by atoms with Gasteiger partial charge < -0.3 is 4.74 Å². The monoisotopic (exact) mass is 227 g/mol. The maximum atomic E-state index is 5.83. The van der Waals surface area contributed by atoms with Crippen molar-refractivity contribution in [2.75, 3.05) is 6.61 Å². The standard InChI is InChI=1S/C12H17NO.ClH/c1-11(2)9-14-12(3,13-11)10-7-5-4-6-8-10;/h4-8,13H,9H2,1-3H3;1H. The number of nitrogens with one attached hydrogen (secondary N) is 1. The first kappa shape index (κ1) is 12.5. The van der Waals surface area contributed by atoms with E-state index in [1.807, 2.05) is 18.2 Å². The van der Waals surface area contributed by atoms with Crippen molar-refractivity contribution in [3.05, 3.63) is 35.9 Å². The van der Waals surface area contributed by atoms with Crippen molar-refractivity contribution in [3.8, 4) is 0 Å². The summed E-state index contributed by atoms with van der Waals surface area (Å²) in [6.45, 7) is 7.14. The highest BCUT2D eigenvalue weighted by Crippen LogP contribution is 2.31. The maximum Gasteiger partial charge on any atom is 0.143 e. The number of hydrogen-bond acceptors (Lipinski definition) is 2. The van der Waals surface area contributed by atoms with Gasteiger partial charge in [0.15, 0.2) is 0 Å². The first-order chi connectivity index (χ1) is 6.52. The second-order valence-electron chi connectivity index (χ2n) is 4.70. The summed E-state index contributed by atoms with van der Waals surface area (Å²) < 4.78 is 5.83. The van der Waals surface area contributed by atoms with Gasteiger partial charge in [-0.2, -0.15) is 0 Å². The maximum absolute atomic E-state index is 5.83. The quantitative estimate of drug-likeness (QED) is 0.797. The van der Waals surface area contributed by atoms with Crippen LogP contribution in [0.2, 0.25) is 0 Å². The lowest BCUT2D eigenvalue weighted by molar-refractivity contribution is 0.00219. The van der Waals surface area contributed by atoms with Gasteiger partial charge in [0, 0.05) is 5.54 Å². The third-order valence-corrected chi connectivity index (χ3v) is 2.62. The van der Waals surface area contributed by atoms with Gasteiger partial charge in [-0.25, -0.2) is 0 Å². The lowest BCUT2D eigenvalue weighted by atomic mass is 10.0. The minimum Gasteiger partial charge on any atom is -0.355 e. The summed E-state index contributed by atoms with van der Waals surface area (Å²) in [6, 6.07) is 10.3. The average molecular weight is 228 g/mol. The number of rotatable bonds is 1. The lowest BCUT2D eigenvalue weighted by Crippen LogP contribution is -2.44. The van der Waals surface area contributed by atoms with Gasteiger partial charge in [0.2, 0.25) is 0 Å². The highest BCUT2D eigenvalue weighted by Gasteiger charge is 2.40. The van der Waals surface area contributed by atoms with Crippen LogP contribution in [-0.4, -0.2) is 12.1 Å². The van der Waals surface area contributed by atoms with Gasteiger partial charge in [0.05, 0.1) is 6.61 Å². The number of halogens is 1. The van der Waals surface area contributed by atoms with Crippen LogP contribution < -0.4 is 5.32 Å². The zero-order chi connectivity index (χ0) is 10.2. The van der Waals surface area contributed by atoms with Crippen LogP contribution >= 0.6 is 12.4 Å². The molecule has 1 heterocycles. The molecular weight excluding hydrogens is 210 g/mol. The Morgan fingerprint density at radius 3 is 2.20 bits per heavy atom. The van der Waals surface area contributed by atoms with E-state index >= 15 is 0 Å². The van der Waals surface area contributed by atoms with E-state index in [0.717, 1.165) is 6.61 Å². The van der Waals surface area contributed by atoms with Gasteiger partial charge in [0.25, 0.3) is 0 Å². The summed E-state index contributed by atoms with van der Waals surface area (Å²) in [7, 11) is 0. The third kappa shape index (κ3) is 2.51. The van der Waals surface area contributed by atoms with Gasteiger partial charge in [-0.1, -0.05) is 30.3 Å². The number of benzene rings is 1. The smallest absolute Gasteiger partial charge is 0.143 e. The largest absolute Gasteiger partial charge is 0.355 e. The van der Waals surface area contributed by atoms with Crippen molar-refractivity contribution in [1.29, 1.82) is 0 Å². The van der Waals surface area contributed by atoms with Crippen LogP contribution in [0.1, 0.15) is 26.3 Å². The predicted octanol–water partition coefficient (Wildman–Crippen LogP) is 2.68. The van der Waals surface area contributed by atoms with Crippen LogP contribution in [-0.2, 0) is 10.5 Å². The Kier molecular flexibility index (Phi) is 3.44. The molecule has 1 aliphatic rings. The fourth-order valence-corrected chi connectivity index (χ4v) is 1.95. The van der Waals surface area contributed by atoms with E-state index in [4.69, 9.17) is 4.74 Å². The molecule has 0 aromatic heterocycles. The van der Waals surface area contributed by atoms with E-state index in [2.05, 4.69) is 38.2 Å². The highest BCUT2D eigenvalue weighted by molar-refractivity contribution is 5.85. The molecule has 1 fully saturated rings. The van der Waals surface area contributed by atoms with Crippen LogP contribution in [0.3, 0.4) is 0 Å². The molecule has 2 nitrogen and oxygen atoms in total. The van der Waals surface area contributed by atoms with Crippen LogP contribution in [0.25, 0.3) is 0 Å². The van der Waals surface area contributed by atoms with E-state index in [1.165, 1.54) is 5.56 Å². The van der Waals surface area contributed by atoms with E-state index < -0.39 is 0 Å². The van der Waals surface area contributed by atoms with Gasteiger partial charge in [-0.05, 0) is 26.3 Å². The van der Waals surface area contributed by atoms with Gasteiger partial charge in [0.1, 0.15) is 5.72 Å². The van der Waals surface area contributed by atoms with Gasteiger partial charge in [-0.15, -0.1) is 12.4 Å². The van der Waals surface area contributed by atoms with Crippen LogP contribution in [0, 0.1) is 0 Å². The summed E-state index contributed by atoms with van der Waals surface area (Å²) in [6.07, 6.45) is 0. The molecule has 0 spiro atoms. The van der Waals surface area contributed by atoms with Crippen molar-refractivity contribution in [3.63, 3.8) is 0 Å². The minimum atomic E-state index is -0.329. The summed E-state index contributed by atoms with van der Waals surface area (Å²) >= 11 is 0. The van der Waals surface area contributed by atoms with Crippen LogP contribution in [0.5, 0.6) is 0 Å². The Hall–Kier alpha value is -0.570. The number of ether oxygens (including phenoxy) is 1. The first-order valence-electron chi connectivity index (χ1n) is 5.01. The molecule has 0 saturated carbocycles. The summed E-state index contributed by atoms with van der Waals surface area (Å²) in [5.74, 6) is 0. The molecule has 1 saturated heterocycles. The second kappa shape index (κ2) is 4.12.